The van der Waals surface area contributed by atoms with Crippen LogP contribution in [0, 0.1) is 13.8 Å². The molecule has 0 unspecified atom stereocenters. The lowest BCUT2D eigenvalue weighted by Crippen LogP contribution is -2.04. The van der Waals surface area contributed by atoms with Crippen molar-refractivity contribution in [2.24, 2.45) is 0 Å². The van der Waals surface area contributed by atoms with Crippen molar-refractivity contribution in [3.63, 3.8) is 0 Å². The zero-order chi connectivity index (χ0) is 17.4. The largest absolute Gasteiger partial charge is 0.507 e. The fourth-order valence-corrected chi connectivity index (χ4v) is 2.86. The van der Waals surface area contributed by atoms with Crippen LogP contribution in [0.4, 0.5) is 0 Å². The summed E-state index contributed by atoms with van der Waals surface area (Å²) in [5, 5.41) is 10.5. The second-order valence-corrected chi connectivity index (χ2v) is 5.54. The molecule has 0 aliphatic rings. The van der Waals surface area contributed by atoms with Gasteiger partial charge in [-0.3, -0.25) is 4.79 Å². The lowest BCUT2D eigenvalue weighted by Gasteiger charge is -2.14. The number of benzene rings is 2. The van der Waals surface area contributed by atoms with Gasteiger partial charge in [-0.2, -0.15) is 0 Å². The lowest BCUT2D eigenvalue weighted by molar-refractivity contribution is 0.400. The minimum atomic E-state index is -0.298. The second kappa shape index (κ2) is 5.92. The maximum absolute atomic E-state index is 12.5. The normalized spacial score (nSPS) is 10.8. The van der Waals surface area contributed by atoms with Crippen molar-refractivity contribution in [2.45, 2.75) is 13.8 Å². The molecule has 1 N–H and O–H groups in total. The molecule has 5 nitrogen and oxygen atoms in total. The van der Waals surface area contributed by atoms with Crippen LogP contribution in [0.25, 0.3) is 22.3 Å². The third kappa shape index (κ3) is 2.38. The van der Waals surface area contributed by atoms with Gasteiger partial charge in [-0.25, -0.2) is 0 Å². The Balaban J connectivity index is 2.31. The lowest BCUT2D eigenvalue weighted by atomic mass is 10.0. The highest BCUT2D eigenvalue weighted by molar-refractivity contribution is 5.90. The molecule has 2 aromatic carbocycles. The maximum Gasteiger partial charge on any atom is 0.197 e. The third-order valence-corrected chi connectivity index (χ3v) is 4.14. The first-order chi connectivity index (χ1) is 11.5. The Morgan fingerprint density at radius 3 is 2.25 bits per heavy atom. The Labute approximate surface area is 139 Å². The quantitative estimate of drug-likeness (QED) is 0.793. The van der Waals surface area contributed by atoms with Crippen molar-refractivity contribution in [1.82, 2.24) is 0 Å². The van der Waals surface area contributed by atoms with E-state index >= 15 is 0 Å². The highest BCUT2D eigenvalue weighted by Crippen LogP contribution is 2.39. The van der Waals surface area contributed by atoms with Gasteiger partial charge in [-0.1, -0.05) is 0 Å². The minimum absolute atomic E-state index is 0.109. The van der Waals surface area contributed by atoms with Gasteiger partial charge < -0.3 is 19.0 Å². The number of hydrogen-bond acceptors (Lipinski definition) is 5. The number of phenols is 1. The molecule has 1 heterocycles. The van der Waals surface area contributed by atoms with Crippen LogP contribution in [0.3, 0.4) is 0 Å². The van der Waals surface area contributed by atoms with E-state index in [0.29, 0.717) is 34.0 Å². The van der Waals surface area contributed by atoms with E-state index in [1.807, 2.05) is 12.1 Å². The van der Waals surface area contributed by atoms with Crippen LogP contribution in [0.15, 0.2) is 39.5 Å². The molecule has 1 aromatic heterocycles. The number of aryl methyl sites for hydroxylation is 1. The highest BCUT2D eigenvalue weighted by Gasteiger charge is 2.20. The molecule has 0 fully saturated rings. The number of ether oxygens (including phenoxy) is 2. The van der Waals surface area contributed by atoms with Crippen molar-refractivity contribution >= 4 is 11.0 Å². The molecule has 0 saturated carbocycles. The summed E-state index contributed by atoms with van der Waals surface area (Å²) >= 11 is 0. The van der Waals surface area contributed by atoms with E-state index in [1.54, 1.807) is 33.1 Å². The molecule has 5 heteroatoms. The van der Waals surface area contributed by atoms with Crippen LogP contribution in [0.5, 0.6) is 17.2 Å². The SMILES string of the molecule is COc1ccc(-c2cc(=O)c3c(O)c(C)c(OC)c(C)c3o2)cc1. The average molecular weight is 326 g/mol. The first-order valence-electron chi connectivity index (χ1n) is 7.46. The molecule has 0 bridgehead atoms. The van der Waals surface area contributed by atoms with Crippen molar-refractivity contribution in [3.05, 3.63) is 51.7 Å². The maximum atomic E-state index is 12.5. The van der Waals surface area contributed by atoms with Gasteiger partial charge in [0, 0.05) is 22.8 Å². The average Bonchev–Trinajstić information content (AvgIpc) is 2.60. The van der Waals surface area contributed by atoms with Crippen LogP contribution < -0.4 is 14.9 Å². The van der Waals surface area contributed by atoms with Gasteiger partial charge in [0.25, 0.3) is 0 Å². The molecular weight excluding hydrogens is 308 g/mol. The Morgan fingerprint density at radius 1 is 1.00 bits per heavy atom. The van der Waals surface area contributed by atoms with Gasteiger partial charge in [0.2, 0.25) is 0 Å². The van der Waals surface area contributed by atoms with E-state index in [4.69, 9.17) is 13.9 Å². The Hall–Kier alpha value is -2.95. The molecule has 0 saturated heterocycles. The zero-order valence-electron chi connectivity index (χ0n) is 14.0. The predicted octanol–water partition coefficient (Wildman–Crippen LogP) is 3.80. The summed E-state index contributed by atoms with van der Waals surface area (Å²) < 4.78 is 16.4. The van der Waals surface area contributed by atoms with Crippen LogP contribution in [0.1, 0.15) is 11.1 Å². The molecule has 0 spiro atoms. The predicted molar refractivity (Wildman–Crippen MR) is 92.2 cm³/mol. The fraction of sp³-hybridized carbons (Fsp3) is 0.211. The molecule has 0 amide bonds. The van der Waals surface area contributed by atoms with Gasteiger partial charge in [-0.15, -0.1) is 0 Å². The van der Waals surface area contributed by atoms with Crippen molar-refractivity contribution in [3.8, 4) is 28.6 Å². The van der Waals surface area contributed by atoms with Crippen LogP contribution in [-0.2, 0) is 0 Å². The first-order valence-corrected chi connectivity index (χ1v) is 7.46. The molecule has 0 aliphatic carbocycles. The zero-order valence-corrected chi connectivity index (χ0v) is 14.0. The Morgan fingerprint density at radius 2 is 1.67 bits per heavy atom. The van der Waals surface area contributed by atoms with E-state index < -0.39 is 0 Å². The first kappa shape index (κ1) is 15.9. The second-order valence-electron chi connectivity index (χ2n) is 5.54. The van der Waals surface area contributed by atoms with Gasteiger partial charge in [0.15, 0.2) is 5.43 Å². The van der Waals surface area contributed by atoms with Gasteiger partial charge in [0.1, 0.15) is 34.0 Å². The minimum Gasteiger partial charge on any atom is -0.507 e. The summed E-state index contributed by atoms with van der Waals surface area (Å²) in [5.41, 5.74) is 1.97. The molecule has 24 heavy (non-hydrogen) atoms. The number of hydrogen-bond donors (Lipinski definition) is 1. The van der Waals surface area contributed by atoms with E-state index in [1.165, 1.54) is 13.2 Å². The molecule has 3 rings (SSSR count). The van der Waals surface area contributed by atoms with Gasteiger partial charge >= 0.3 is 0 Å². The van der Waals surface area contributed by atoms with Gasteiger partial charge in [-0.05, 0) is 38.1 Å². The topological polar surface area (TPSA) is 68.9 Å². The molecule has 0 radical (unpaired) electrons. The smallest absolute Gasteiger partial charge is 0.197 e. The Bertz CT molecular complexity index is 968. The summed E-state index contributed by atoms with van der Waals surface area (Å²) in [4.78, 5) is 12.5. The van der Waals surface area contributed by atoms with Crippen molar-refractivity contribution < 1.29 is 19.0 Å². The monoisotopic (exact) mass is 326 g/mol. The number of phenolic OH excluding ortho intramolecular Hbond substituents is 1. The third-order valence-electron chi connectivity index (χ3n) is 4.14. The molecule has 0 atom stereocenters. The summed E-state index contributed by atoms with van der Waals surface area (Å²) in [6.45, 7) is 3.51. The van der Waals surface area contributed by atoms with Crippen LogP contribution in [-0.4, -0.2) is 19.3 Å². The summed E-state index contributed by atoms with van der Waals surface area (Å²) in [6, 6.07) is 8.58. The van der Waals surface area contributed by atoms with E-state index in [0.717, 1.165) is 5.56 Å². The number of rotatable bonds is 3. The van der Waals surface area contributed by atoms with E-state index in [-0.39, 0.29) is 16.6 Å². The number of aromatic hydroxyl groups is 1. The molecular formula is C19H18O5. The summed E-state index contributed by atoms with van der Waals surface area (Å²) in [7, 11) is 3.11. The molecule has 3 aromatic rings. The molecule has 124 valence electrons. The van der Waals surface area contributed by atoms with E-state index in [9.17, 15) is 9.90 Å². The van der Waals surface area contributed by atoms with Crippen molar-refractivity contribution in [1.29, 1.82) is 0 Å². The number of methoxy groups -OCH3 is 2. The van der Waals surface area contributed by atoms with E-state index in [2.05, 4.69) is 0 Å². The standard InChI is InChI=1S/C19H18O5/c1-10-17(21)16-14(20)9-15(12-5-7-13(22-3)8-6-12)24-19(16)11(2)18(10)23-4/h5-9,21H,1-4H3. The highest BCUT2D eigenvalue weighted by atomic mass is 16.5. The van der Waals surface area contributed by atoms with Crippen molar-refractivity contribution in [2.75, 3.05) is 14.2 Å². The summed E-state index contributed by atoms with van der Waals surface area (Å²) in [6.07, 6.45) is 0. The van der Waals surface area contributed by atoms with Crippen LogP contribution >= 0.6 is 0 Å². The fourth-order valence-electron chi connectivity index (χ4n) is 2.86. The number of fused-ring (bicyclic) bond motifs is 1. The van der Waals surface area contributed by atoms with Gasteiger partial charge in [0.05, 0.1) is 14.2 Å². The molecule has 0 aliphatic heterocycles. The Kier molecular flexibility index (Phi) is 3.93. The summed E-state index contributed by atoms with van der Waals surface area (Å²) in [5.74, 6) is 1.54. The van der Waals surface area contributed by atoms with Crippen LogP contribution in [0.2, 0.25) is 0 Å².